The Morgan fingerprint density at radius 3 is 1.54 bits per heavy atom. The Bertz CT molecular complexity index is 944. The minimum Gasteiger partial charge on any atom is -0.481 e. The average Bonchev–Trinajstić information content (AvgIpc) is 2.95. The number of likely N-dealkylation sites (tertiary alicyclic amines) is 1. The summed E-state index contributed by atoms with van der Waals surface area (Å²) >= 11 is 14.5. The van der Waals surface area contributed by atoms with Gasteiger partial charge in [0.15, 0.2) is 0 Å². The third kappa shape index (κ3) is 1.86. The van der Waals surface area contributed by atoms with Crippen LogP contribution in [0.4, 0.5) is 0 Å². The molecule has 7 heteroatoms. The third-order valence-corrected chi connectivity index (χ3v) is 7.51. The zero-order valence-electron chi connectivity index (χ0n) is 14.6. The smallest absolute Gasteiger partial charge is 0.305 e. The number of carbonyl (C=O) groups is 3. The topological polar surface area (TPSA) is 74.7 Å². The largest absolute Gasteiger partial charge is 0.481 e. The molecule has 2 bridgehead atoms. The van der Waals surface area contributed by atoms with Gasteiger partial charge in [-0.05, 0) is 22.3 Å². The fraction of sp³-hybridized carbons (Fsp3) is 0.286. The number of halogens is 2. The predicted molar refractivity (Wildman–Crippen MR) is 102 cm³/mol. The van der Waals surface area contributed by atoms with Gasteiger partial charge in [-0.2, -0.15) is 0 Å². The number of benzene rings is 2. The summed E-state index contributed by atoms with van der Waals surface area (Å²) in [5.41, 5.74) is 2.92. The Hall–Kier alpha value is -2.37. The second kappa shape index (κ2) is 5.58. The molecule has 0 aromatic heterocycles. The second-order valence-corrected chi connectivity index (χ2v) is 8.63. The molecule has 3 aliphatic carbocycles. The first kappa shape index (κ1) is 17.7. The van der Waals surface area contributed by atoms with E-state index in [1.165, 1.54) is 0 Å². The van der Waals surface area contributed by atoms with Crippen molar-refractivity contribution in [2.75, 3.05) is 6.54 Å². The maximum Gasteiger partial charge on any atom is 0.305 e. The fourth-order valence-electron chi connectivity index (χ4n) is 5.15. The number of alkyl halides is 2. The number of nitrogens with zero attached hydrogens (tertiary/aromatic N) is 1. The van der Waals surface area contributed by atoms with Crippen LogP contribution in [-0.2, 0) is 24.1 Å². The lowest BCUT2D eigenvalue weighted by Gasteiger charge is -2.54. The summed E-state index contributed by atoms with van der Waals surface area (Å²) in [5, 5.41) is 9.01. The molecule has 4 aliphatic rings. The maximum absolute atomic E-state index is 13.3. The lowest BCUT2D eigenvalue weighted by atomic mass is 9.54. The molecule has 142 valence electrons. The maximum atomic E-state index is 13.3. The quantitative estimate of drug-likeness (QED) is 0.617. The lowest BCUT2D eigenvalue weighted by molar-refractivity contribution is -0.142. The summed E-state index contributed by atoms with van der Waals surface area (Å²) in [6.45, 7) is -0.188. The van der Waals surface area contributed by atoms with Crippen molar-refractivity contribution in [3.05, 3.63) is 70.8 Å². The van der Waals surface area contributed by atoms with E-state index in [-0.39, 0.29) is 13.0 Å². The standard InChI is InChI=1S/C21H15Cl2NO4/c22-20-11-5-1-2-6-12(11)21(23,14-8-4-3-7-13(14)20)17-16(20)18(27)24(19(17)28)10-9-15(25)26/h1-8,16-17H,9-10H2,(H,25,26)/t16-,17-,20?,21?/m1/s1. The summed E-state index contributed by atoms with van der Waals surface area (Å²) in [5.74, 6) is -3.75. The van der Waals surface area contributed by atoms with Gasteiger partial charge in [0.05, 0.1) is 18.3 Å². The van der Waals surface area contributed by atoms with Crippen LogP contribution < -0.4 is 0 Å². The fourth-order valence-corrected chi connectivity index (χ4v) is 6.25. The average molecular weight is 416 g/mol. The Morgan fingerprint density at radius 1 is 0.857 bits per heavy atom. The van der Waals surface area contributed by atoms with Crippen molar-refractivity contribution in [2.45, 2.75) is 16.2 Å². The lowest BCUT2D eigenvalue weighted by Crippen LogP contribution is -2.57. The summed E-state index contributed by atoms with van der Waals surface area (Å²) in [7, 11) is 0. The molecule has 0 saturated carbocycles. The van der Waals surface area contributed by atoms with Crippen molar-refractivity contribution in [2.24, 2.45) is 11.8 Å². The van der Waals surface area contributed by atoms with Crippen LogP contribution in [0.2, 0.25) is 0 Å². The van der Waals surface area contributed by atoms with Gasteiger partial charge in [-0.1, -0.05) is 48.5 Å². The zero-order valence-corrected chi connectivity index (χ0v) is 16.1. The number of carboxylic acid groups (broad SMARTS) is 1. The van der Waals surface area contributed by atoms with Crippen molar-refractivity contribution in [1.29, 1.82) is 0 Å². The van der Waals surface area contributed by atoms with Crippen LogP contribution in [-0.4, -0.2) is 34.3 Å². The molecule has 0 radical (unpaired) electrons. The number of carboxylic acids is 1. The van der Waals surface area contributed by atoms with Crippen molar-refractivity contribution in [1.82, 2.24) is 4.90 Å². The van der Waals surface area contributed by atoms with Gasteiger partial charge in [-0.15, -0.1) is 23.2 Å². The summed E-state index contributed by atoms with van der Waals surface area (Å²) in [6, 6.07) is 14.8. The molecule has 1 saturated heterocycles. The monoisotopic (exact) mass is 415 g/mol. The van der Waals surface area contributed by atoms with Crippen LogP contribution in [0.15, 0.2) is 48.5 Å². The minimum atomic E-state index is -1.22. The number of amides is 2. The van der Waals surface area contributed by atoms with E-state index < -0.39 is 39.4 Å². The Labute approximate surface area is 170 Å². The molecule has 2 aromatic rings. The first-order chi connectivity index (χ1) is 13.3. The van der Waals surface area contributed by atoms with Gasteiger partial charge in [-0.25, -0.2) is 0 Å². The Morgan fingerprint density at radius 2 is 1.21 bits per heavy atom. The molecule has 1 heterocycles. The van der Waals surface area contributed by atoms with Crippen molar-refractivity contribution >= 4 is 41.0 Å². The SMILES string of the molecule is O=C(O)CCN1C(=O)[C@H]2[C@H](C1=O)C1(Cl)c3ccccc3C2(Cl)c2ccccc21. The molecule has 0 unspecified atom stereocenters. The molecule has 1 N–H and O–H groups in total. The summed E-state index contributed by atoms with van der Waals surface area (Å²) in [4.78, 5) is 36.2. The highest BCUT2D eigenvalue weighted by molar-refractivity contribution is 6.36. The number of rotatable bonds is 3. The van der Waals surface area contributed by atoms with Gasteiger partial charge in [-0.3, -0.25) is 19.3 Å². The molecule has 0 spiro atoms. The number of imide groups is 1. The van der Waals surface area contributed by atoms with Gasteiger partial charge < -0.3 is 5.11 Å². The van der Waals surface area contributed by atoms with E-state index in [0.29, 0.717) is 0 Å². The minimum absolute atomic E-state index is 0.188. The van der Waals surface area contributed by atoms with Crippen LogP contribution in [0.5, 0.6) is 0 Å². The van der Waals surface area contributed by atoms with Crippen LogP contribution >= 0.6 is 23.2 Å². The normalized spacial score (nSPS) is 32.1. The third-order valence-electron chi connectivity index (χ3n) is 6.23. The van der Waals surface area contributed by atoms with Gasteiger partial charge >= 0.3 is 5.97 Å². The number of hydrogen-bond acceptors (Lipinski definition) is 3. The molecule has 6 rings (SSSR count). The van der Waals surface area contributed by atoms with Gasteiger partial charge in [0, 0.05) is 6.54 Å². The van der Waals surface area contributed by atoms with E-state index in [0.717, 1.165) is 27.2 Å². The molecule has 2 aromatic carbocycles. The molecule has 2 atom stereocenters. The van der Waals surface area contributed by atoms with E-state index in [4.69, 9.17) is 28.3 Å². The molecule has 2 amide bonds. The van der Waals surface area contributed by atoms with Crippen LogP contribution in [0.3, 0.4) is 0 Å². The molecular weight excluding hydrogens is 401 g/mol. The highest BCUT2D eigenvalue weighted by Gasteiger charge is 2.72. The van der Waals surface area contributed by atoms with E-state index >= 15 is 0 Å². The van der Waals surface area contributed by atoms with Gasteiger partial charge in [0.25, 0.3) is 0 Å². The molecule has 1 fully saturated rings. The predicted octanol–water partition coefficient (Wildman–Crippen LogP) is 3.05. The zero-order chi connectivity index (χ0) is 19.8. The summed E-state index contributed by atoms with van der Waals surface area (Å²) in [6.07, 6.45) is -0.318. The highest BCUT2D eigenvalue weighted by atomic mass is 35.5. The van der Waals surface area contributed by atoms with E-state index in [1.54, 1.807) is 0 Å². The van der Waals surface area contributed by atoms with Crippen LogP contribution in [0.25, 0.3) is 0 Å². The van der Waals surface area contributed by atoms with E-state index in [1.807, 2.05) is 48.5 Å². The number of aliphatic carboxylic acids is 1. The molecule has 28 heavy (non-hydrogen) atoms. The van der Waals surface area contributed by atoms with Crippen LogP contribution in [0.1, 0.15) is 28.7 Å². The summed E-state index contributed by atoms with van der Waals surface area (Å²) < 4.78 is 0. The molecule has 5 nitrogen and oxygen atoms in total. The second-order valence-electron chi connectivity index (χ2n) is 7.44. The Balaban J connectivity index is 1.78. The van der Waals surface area contributed by atoms with E-state index in [2.05, 4.69) is 0 Å². The van der Waals surface area contributed by atoms with Crippen molar-refractivity contribution in [3.8, 4) is 0 Å². The van der Waals surface area contributed by atoms with Crippen molar-refractivity contribution in [3.63, 3.8) is 0 Å². The van der Waals surface area contributed by atoms with Crippen molar-refractivity contribution < 1.29 is 19.5 Å². The van der Waals surface area contributed by atoms with Gasteiger partial charge in [0.2, 0.25) is 11.8 Å². The number of hydrogen-bond donors (Lipinski definition) is 1. The first-order valence-corrected chi connectivity index (χ1v) is 9.73. The molecule has 1 aliphatic heterocycles. The Kier molecular flexibility index (Phi) is 3.53. The molecular formula is C21H15Cl2NO4. The van der Waals surface area contributed by atoms with E-state index in [9.17, 15) is 14.4 Å². The van der Waals surface area contributed by atoms with Gasteiger partial charge in [0.1, 0.15) is 9.75 Å². The van der Waals surface area contributed by atoms with Crippen LogP contribution in [0, 0.1) is 11.8 Å². The number of carbonyl (C=O) groups excluding carboxylic acids is 2. The first-order valence-electron chi connectivity index (χ1n) is 8.97. The highest BCUT2D eigenvalue weighted by Crippen LogP contribution is 2.69.